The van der Waals surface area contributed by atoms with Crippen LogP contribution in [-0.4, -0.2) is 11.7 Å². The van der Waals surface area contributed by atoms with Gasteiger partial charge in [-0.3, -0.25) is 0 Å². The first-order chi connectivity index (χ1) is 7.88. The molecule has 0 aliphatic rings. The lowest BCUT2D eigenvalue weighted by atomic mass is 10.0. The van der Waals surface area contributed by atoms with Crippen molar-refractivity contribution < 1.29 is 5.11 Å². The first-order valence-corrected chi connectivity index (χ1v) is 5.58. The van der Waals surface area contributed by atoms with Crippen molar-refractivity contribution in [3.05, 3.63) is 66.3 Å². The van der Waals surface area contributed by atoms with Crippen LogP contribution in [0, 0.1) is 0 Å². The zero-order chi connectivity index (χ0) is 11.6. The van der Waals surface area contributed by atoms with E-state index in [4.69, 9.17) is 5.11 Å². The second-order valence-electron chi connectivity index (χ2n) is 3.41. The van der Waals surface area contributed by atoms with E-state index in [0.717, 1.165) is 17.6 Å². The third kappa shape index (κ3) is 4.28. The van der Waals surface area contributed by atoms with Crippen LogP contribution in [0.25, 0.3) is 5.57 Å². The Morgan fingerprint density at radius 2 is 1.94 bits per heavy atom. The van der Waals surface area contributed by atoms with E-state index in [2.05, 4.69) is 31.2 Å². The normalized spacial score (nSPS) is 12.8. The van der Waals surface area contributed by atoms with Gasteiger partial charge in [0.15, 0.2) is 0 Å². The largest absolute Gasteiger partial charge is 0.392 e. The predicted octanol–water partition coefficient (Wildman–Crippen LogP) is 3.58. The highest BCUT2D eigenvalue weighted by Gasteiger charge is 1.94. The molecule has 1 aromatic carbocycles. The van der Waals surface area contributed by atoms with Crippen LogP contribution in [0.3, 0.4) is 0 Å². The van der Waals surface area contributed by atoms with Crippen LogP contribution >= 0.6 is 0 Å². The van der Waals surface area contributed by atoms with Gasteiger partial charge in [0.1, 0.15) is 0 Å². The van der Waals surface area contributed by atoms with Gasteiger partial charge in [0.2, 0.25) is 0 Å². The second-order valence-corrected chi connectivity index (χ2v) is 3.41. The van der Waals surface area contributed by atoms with E-state index < -0.39 is 0 Å². The highest BCUT2D eigenvalue weighted by atomic mass is 16.2. The lowest BCUT2D eigenvalue weighted by molar-refractivity contribution is 0.343. The fourth-order valence-corrected chi connectivity index (χ4v) is 1.37. The Morgan fingerprint density at radius 1 is 1.19 bits per heavy atom. The van der Waals surface area contributed by atoms with Crippen molar-refractivity contribution in [2.45, 2.75) is 13.3 Å². The Morgan fingerprint density at radius 3 is 2.56 bits per heavy atom. The van der Waals surface area contributed by atoms with Gasteiger partial charge in [0, 0.05) is 0 Å². The van der Waals surface area contributed by atoms with Crippen molar-refractivity contribution in [2.75, 3.05) is 6.61 Å². The Kier molecular flexibility index (Phi) is 5.97. The highest BCUT2D eigenvalue weighted by Crippen LogP contribution is 2.15. The molecule has 16 heavy (non-hydrogen) atoms. The van der Waals surface area contributed by atoms with Gasteiger partial charge in [-0.1, -0.05) is 67.6 Å². The fraction of sp³-hybridized carbons (Fsp3) is 0.200. The monoisotopic (exact) mass is 214 g/mol. The molecular formula is C15H18O. The van der Waals surface area contributed by atoms with Gasteiger partial charge in [-0.05, 0) is 17.6 Å². The summed E-state index contributed by atoms with van der Waals surface area (Å²) < 4.78 is 0. The third-order valence-electron chi connectivity index (χ3n) is 2.16. The van der Waals surface area contributed by atoms with Crippen LogP contribution in [0.2, 0.25) is 0 Å². The van der Waals surface area contributed by atoms with Gasteiger partial charge in [-0.25, -0.2) is 0 Å². The van der Waals surface area contributed by atoms with E-state index in [0.29, 0.717) is 0 Å². The van der Waals surface area contributed by atoms with Crippen molar-refractivity contribution in [3.8, 4) is 0 Å². The molecule has 0 amide bonds. The summed E-state index contributed by atoms with van der Waals surface area (Å²) >= 11 is 0. The number of rotatable bonds is 5. The van der Waals surface area contributed by atoms with Crippen molar-refractivity contribution in [1.82, 2.24) is 0 Å². The van der Waals surface area contributed by atoms with E-state index in [9.17, 15) is 0 Å². The molecule has 0 saturated heterocycles. The molecule has 0 heterocycles. The summed E-state index contributed by atoms with van der Waals surface area (Å²) in [5.74, 6) is 0. The Bertz CT molecular complexity index is 372. The van der Waals surface area contributed by atoms with Crippen molar-refractivity contribution >= 4 is 5.57 Å². The molecule has 0 saturated carbocycles. The van der Waals surface area contributed by atoms with Crippen LogP contribution in [-0.2, 0) is 0 Å². The summed E-state index contributed by atoms with van der Waals surface area (Å²) in [7, 11) is 0. The summed E-state index contributed by atoms with van der Waals surface area (Å²) in [5.41, 5.74) is 2.27. The predicted molar refractivity (Wildman–Crippen MR) is 70.1 cm³/mol. The van der Waals surface area contributed by atoms with Crippen molar-refractivity contribution in [2.24, 2.45) is 0 Å². The summed E-state index contributed by atoms with van der Waals surface area (Å²) in [6, 6.07) is 10.2. The SMILES string of the molecule is CC\C=C/C=C(\C=C/CO)c1ccccc1. The average molecular weight is 214 g/mol. The first kappa shape index (κ1) is 12.5. The lowest BCUT2D eigenvalue weighted by Crippen LogP contribution is -1.80. The fourth-order valence-electron chi connectivity index (χ4n) is 1.37. The lowest BCUT2D eigenvalue weighted by Gasteiger charge is -2.00. The summed E-state index contributed by atoms with van der Waals surface area (Å²) in [6.45, 7) is 2.18. The van der Waals surface area contributed by atoms with E-state index >= 15 is 0 Å². The molecule has 84 valence electrons. The maximum absolute atomic E-state index is 8.80. The number of aliphatic hydroxyl groups is 1. The van der Waals surface area contributed by atoms with Crippen LogP contribution in [0.4, 0.5) is 0 Å². The summed E-state index contributed by atoms with van der Waals surface area (Å²) in [6.07, 6.45) is 10.9. The molecule has 0 bridgehead atoms. The van der Waals surface area contributed by atoms with Gasteiger partial charge in [0.05, 0.1) is 6.61 Å². The standard InChI is InChI=1S/C15H18O/c1-2-3-5-9-15(12-8-13-16)14-10-6-4-7-11-14/h3-12,16H,2,13H2,1H3/b5-3-,12-8-,15-9+. The highest BCUT2D eigenvalue weighted by molar-refractivity contribution is 5.75. The molecule has 0 aromatic heterocycles. The van der Waals surface area contributed by atoms with Gasteiger partial charge in [-0.2, -0.15) is 0 Å². The minimum absolute atomic E-state index is 0.0711. The molecular weight excluding hydrogens is 196 g/mol. The van der Waals surface area contributed by atoms with E-state index in [1.54, 1.807) is 6.08 Å². The minimum atomic E-state index is 0.0711. The minimum Gasteiger partial charge on any atom is -0.392 e. The summed E-state index contributed by atoms with van der Waals surface area (Å²) in [4.78, 5) is 0. The Balaban J connectivity index is 2.92. The van der Waals surface area contributed by atoms with E-state index in [-0.39, 0.29) is 6.61 Å². The first-order valence-electron chi connectivity index (χ1n) is 5.58. The van der Waals surface area contributed by atoms with Gasteiger partial charge in [-0.15, -0.1) is 0 Å². The number of hydrogen-bond acceptors (Lipinski definition) is 1. The van der Waals surface area contributed by atoms with Crippen LogP contribution in [0.5, 0.6) is 0 Å². The molecule has 1 aromatic rings. The van der Waals surface area contributed by atoms with Gasteiger partial charge < -0.3 is 5.11 Å². The maximum atomic E-state index is 8.80. The second kappa shape index (κ2) is 7.66. The van der Waals surface area contributed by atoms with Crippen molar-refractivity contribution in [1.29, 1.82) is 0 Å². The topological polar surface area (TPSA) is 20.2 Å². The smallest absolute Gasteiger partial charge is 0.0615 e. The molecule has 1 N–H and O–H groups in total. The molecule has 0 fully saturated rings. The zero-order valence-electron chi connectivity index (χ0n) is 9.63. The summed E-state index contributed by atoms with van der Waals surface area (Å²) in [5, 5.41) is 8.80. The molecule has 0 atom stereocenters. The number of benzene rings is 1. The zero-order valence-corrected chi connectivity index (χ0v) is 9.63. The van der Waals surface area contributed by atoms with Gasteiger partial charge in [0.25, 0.3) is 0 Å². The van der Waals surface area contributed by atoms with Crippen molar-refractivity contribution in [3.63, 3.8) is 0 Å². The van der Waals surface area contributed by atoms with Crippen LogP contribution < -0.4 is 0 Å². The Labute approximate surface area is 97.4 Å². The molecule has 1 nitrogen and oxygen atoms in total. The van der Waals surface area contributed by atoms with Gasteiger partial charge >= 0.3 is 0 Å². The van der Waals surface area contributed by atoms with E-state index in [1.165, 1.54) is 0 Å². The maximum Gasteiger partial charge on any atom is 0.0615 e. The molecule has 0 radical (unpaired) electrons. The molecule has 0 aliphatic heterocycles. The number of aliphatic hydroxyl groups excluding tert-OH is 1. The molecule has 1 rings (SSSR count). The van der Waals surface area contributed by atoms with Crippen LogP contribution in [0.15, 0.2) is 60.7 Å². The average Bonchev–Trinajstić information content (AvgIpc) is 2.35. The van der Waals surface area contributed by atoms with Crippen LogP contribution in [0.1, 0.15) is 18.9 Å². The quantitative estimate of drug-likeness (QED) is 0.743. The molecule has 0 spiro atoms. The molecule has 1 heteroatoms. The molecule has 0 unspecified atom stereocenters. The van der Waals surface area contributed by atoms with E-state index in [1.807, 2.05) is 30.4 Å². The molecule has 0 aliphatic carbocycles. The number of allylic oxidation sites excluding steroid dienone is 5. The Hall–Kier alpha value is -1.60. The number of hydrogen-bond donors (Lipinski definition) is 1. The third-order valence-corrected chi connectivity index (χ3v) is 2.16.